The van der Waals surface area contributed by atoms with Crippen molar-refractivity contribution in [3.8, 4) is 0 Å². The maximum atomic E-state index is 12.8. The van der Waals surface area contributed by atoms with Crippen LogP contribution in [0.4, 0.5) is 0 Å². The molecule has 2 fully saturated rings. The molecule has 0 spiro atoms. The van der Waals surface area contributed by atoms with Crippen molar-refractivity contribution in [1.82, 2.24) is 4.90 Å². The summed E-state index contributed by atoms with van der Waals surface area (Å²) in [5.74, 6) is -0.813. The van der Waals surface area contributed by atoms with Crippen molar-refractivity contribution < 1.29 is 14.7 Å². The molecule has 0 unspecified atom stereocenters. The van der Waals surface area contributed by atoms with E-state index in [0.29, 0.717) is 12.5 Å². The summed E-state index contributed by atoms with van der Waals surface area (Å²) in [6.45, 7) is 4.10. The van der Waals surface area contributed by atoms with Gasteiger partial charge in [0.15, 0.2) is 0 Å². The van der Waals surface area contributed by atoms with Crippen LogP contribution in [-0.4, -0.2) is 34.5 Å². The Balaban J connectivity index is 1.68. The van der Waals surface area contributed by atoms with Gasteiger partial charge in [-0.3, -0.25) is 9.59 Å². The second-order valence-electron chi connectivity index (χ2n) is 6.77. The molecule has 2 saturated carbocycles. The molecule has 1 aromatic carbocycles. The third-order valence-electron chi connectivity index (χ3n) is 4.86. The molecule has 4 heteroatoms. The van der Waals surface area contributed by atoms with Crippen molar-refractivity contribution in [1.29, 1.82) is 0 Å². The third-order valence-corrected chi connectivity index (χ3v) is 4.86. The molecule has 22 heavy (non-hydrogen) atoms. The van der Waals surface area contributed by atoms with E-state index in [0.717, 1.165) is 19.3 Å². The average molecular weight is 301 g/mol. The summed E-state index contributed by atoms with van der Waals surface area (Å²) in [6, 6.07) is 8.50. The molecule has 0 radical (unpaired) electrons. The number of amides is 1. The predicted octanol–water partition coefficient (Wildman–Crippen LogP) is 2.81. The van der Waals surface area contributed by atoms with Crippen LogP contribution in [0, 0.1) is 18.8 Å². The lowest BCUT2D eigenvalue weighted by molar-refractivity contribution is -0.143. The van der Waals surface area contributed by atoms with E-state index in [1.165, 1.54) is 11.1 Å². The second-order valence-corrected chi connectivity index (χ2v) is 6.77. The van der Waals surface area contributed by atoms with Gasteiger partial charge in [0.1, 0.15) is 0 Å². The number of benzene rings is 1. The average Bonchev–Trinajstić information content (AvgIpc) is 3.37. The number of carbonyl (C=O) groups is 2. The molecule has 1 amide bonds. The van der Waals surface area contributed by atoms with Crippen molar-refractivity contribution in [3.05, 3.63) is 35.4 Å². The second kappa shape index (κ2) is 5.75. The first-order valence-electron chi connectivity index (χ1n) is 8.08. The van der Waals surface area contributed by atoms with Gasteiger partial charge in [-0.1, -0.05) is 31.2 Å². The van der Waals surface area contributed by atoms with Crippen LogP contribution in [0.5, 0.6) is 0 Å². The molecule has 1 N–H and O–H groups in total. The fourth-order valence-corrected chi connectivity index (χ4v) is 3.21. The Hall–Kier alpha value is -1.84. The zero-order chi connectivity index (χ0) is 15.9. The van der Waals surface area contributed by atoms with E-state index in [1.807, 2.05) is 17.0 Å². The van der Waals surface area contributed by atoms with Gasteiger partial charge in [-0.2, -0.15) is 0 Å². The minimum atomic E-state index is -0.829. The summed E-state index contributed by atoms with van der Waals surface area (Å²) in [5.41, 5.74) is 2.50. The topological polar surface area (TPSA) is 57.6 Å². The molecular formula is C18H23NO3. The first-order valence-corrected chi connectivity index (χ1v) is 8.08. The minimum absolute atomic E-state index is 0.0442. The van der Waals surface area contributed by atoms with Crippen LogP contribution >= 0.6 is 0 Å². The van der Waals surface area contributed by atoms with E-state index in [2.05, 4.69) is 19.1 Å². The highest BCUT2D eigenvalue weighted by molar-refractivity contribution is 5.84. The maximum Gasteiger partial charge on any atom is 0.308 e. The Labute approximate surface area is 131 Å². The summed E-state index contributed by atoms with van der Waals surface area (Å²) >= 11 is 0. The number of hydrogen-bond donors (Lipinski definition) is 1. The Kier molecular flexibility index (Phi) is 3.94. The van der Waals surface area contributed by atoms with Crippen LogP contribution in [0.1, 0.15) is 43.2 Å². The van der Waals surface area contributed by atoms with Gasteiger partial charge in [-0.15, -0.1) is 0 Å². The molecule has 0 aliphatic heterocycles. The van der Waals surface area contributed by atoms with E-state index >= 15 is 0 Å². The molecular weight excluding hydrogens is 278 g/mol. The van der Waals surface area contributed by atoms with Crippen LogP contribution in [-0.2, 0) is 9.59 Å². The molecule has 0 bridgehead atoms. The zero-order valence-corrected chi connectivity index (χ0v) is 13.2. The normalized spacial score (nSPS) is 24.6. The molecule has 0 saturated heterocycles. The number of aryl methyl sites for hydroxylation is 1. The molecule has 0 aromatic heterocycles. The van der Waals surface area contributed by atoms with Gasteiger partial charge >= 0.3 is 5.97 Å². The number of carboxylic acid groups (broad SMARTS) is 1. The van der Waals surface area contributed by atoms with Gasteiger partial charge in [0.25, 0.3) is 0 Å². The van der Waals surface area contributed by atoms with Crippen molar-refractivity contribution >= 4 is 11.9 Å². The summed E-state index contributed by atoms with van der Waals surface area (Å²) in [5, 5.41) is 9.10. The van der Waals surface area contributed by atoms with E-state index in [-0.39, 0.29) is 17.9 Å². The van der Waals surface area contributed by atoms with Gasteiger partial charge in [-0.05, 0) is 43.2 Å². The van der Waals surface area contributed by atoms with Crippen LogP contribution < -0.4 is 0 Å². The van der Waals surface area contributed by atoms with Gasteiger partial charge in [-0.25, -0.2) is 0 Å². The molecule has 1 aromatic rings. The molecule has 4 nitrogen and oxygen atoms in total. The Morgan fingerprint density at radius 1 is 1.32 bits per heavy atom. The predicted molar refractivity (Wildman–Crippen MR) is 83.6 cm³/mol. The Bertz CT molecular complexity index is 594. The summed E-state index contributed by atoms with van der Waals surface area (Å²) < 4.78 is 0. The number of nitrogens with zero attached hydrogens (tertiary/aromatic N) is 1. The molecule has 3 rings (SSSR count). The SMILES string of the molecule is Cc1ccccc1[C@@H]1C[C@@H]1C(=O)N(C[C@@H](C)C(=O)O)C1CC1. The smallest absolute Gasteiger partial charge is 0.308 e. The Morgan fingerprint density at radius 3 is 2.59 bits per heavy atom. The summed E-state index contributed by atoms with van der Waals surface area (Å²) in [7, 11) is 0. The molecule has 0 heterocycles. The lowest BCUT2D eigenvalue weighted by atomic mass is 10.0. The first-order chi connectivity index (χ1) is 10.5. The van der Waals surface area contributed by atoms with Crippen molar-refractivity contribution in [2.45, 2.75) is 45.1 Å². The standard InChI is InChI=1S/C18H23NO3/c1-11-5-3-4-6-14(11)15-9-16(15)17(20)19(13-7-8-13)10-12(2)18(21)22/h3-6,12-13,15-16H,7-10H2,1-2H3,(H,21,22)/t12-,15+,16+/m1/s1. The summed E-state index contributed by atoms with van der Waals surface area (Å²) in [4.78, 5) is 25.7. The fourth-order valence-electron chi connectivity index (χ4n) is 3.21. The first kappa shape index (κ1) is 15.1. The van der Waals surface area contributed by atoms with Gasteiger partial charge in [0, 0.05) is 18.5 Å². The maximum absolute atomic E-state index is 12.8. The fraction of sp³-hybridized carbons (Fsp3) is 0.556. The highest BCUT2D eigenvalue weighted by Gasteiger charge is 2.48. The van der Waals surface area contributed by atoms with E-state index in [9.17, 15) is 9.59 Å². The lowest BCUT2D eigenvalue weighted by Gasteiger charge is -2.24. The number of rotatable bonds is 6. The number of carboxylic acids is 1. The summed E-state index contributed by atoms with van der Waals surface area (Å²) in [6.07, 6.45) is 2.92. The van der Waals surface area contributed by atoms with E-state index in [1.54, 1.807) is 6.92 Å². The largest absolute Gasteiger partial charge is 0.481 e. The molecule has 118 valence electrons. The van der Waals surface area contributed by atoms with Gasteiger partial charge in [0.2, 0.25) is 5.91 Å². The van der Waals surface area contributed by atoms with Crippen molar-refractivity contribution in [2.75, 3.05) is 6.54 Å². The van der Waals surface area contributed by atoms with Crippen molar-refractivity contribution in [3.63, 3.8) is 0 Å². The monoisotopic (exact) mass is 301 g/mol. The highest BCUT2D eigenvalue weighted by Crippen LogP contribution is 2.50. The number of aliphatic carboxylic acids is 1. The quantitative estimate of drug-likeness (QED) is 0.879. The van der Waals surface area contributed by atoms with Crippen LogP contribution in [0.3, 0.4) is 0 Å². The minimum Gasteiger partial charge on any atom is -0.481 e. The number of carbonyl (C=O) groups excluding carboxylic acids is 1. The molecule has 3 atom stereocenters. The van der Waals surface area contributed by atoms with Crippen LogP contribution in [0.25, 0.3) is 0 Å². The van der Waals surface area contributed by atoms with Gasteiger partial charge in [0.05, 0.1) is 5.92 Å². The third kappa shape index (κ3) is 3.01. The molecule has 2 aliphatic rings. The Morgan fingerprint density at radius 2 is 2.00 bits per heavy atom. The van der Waals surface area contributed by atoms with E-state index in [4.69, 9.17) is 5.11 Å². The highest BCUT2D eigenvalue weighted by atomic mass is 16.4. The van der Waals surface area contributed by atoms with E-state index < -0.39 is 11.9 Å². The zero-order valence-electron chi connectivity index (χ0n) is 13.2. The van der Waals surface area contributed by atoms with Gasteiger partial charge < -0.3 is 10.0 Å². The lowest BCUT2D eigenvalue weighted by Crippen LogP contribution is -2.39. The number of hydrogen-bond acceptors (Lipinski definition) is 2. The van der Waals surface area contributed by atoms with Crippen LogP contribution in [0.15, 0.2) is 24.3 Å². The molecule has 2 aliphatic carbocycles. The van der Waals surface area contributed by atoms with Crippen molar-refractivity contribution in [2.24, 2.45) is 11.8 Å². The van der Waals surface area contributed by atoms with Crippen LogP contribution in [0.2, 0.25) is 0 Å².